The molecular formula is C17H31N3S. The Hall–Kier alpha value is -0.480. The van der Waals surface area contributed by atoms with Gasteiger partial charge in [-0.15, -0.1) is 10.2 Å². The number of nitrogens with one attached hydrogen (secondary N) is 1. The molecule has 1 N–H and O–H groups in total. The molecule has 1 atom stereocenters. The Bertz CT molecular complexity index is 421. The van der Waals surface area contributed by atoms with Gasteiger partial charge in [-0.2, -0.15) is 0 Å². The summed E-state index contributed by atoms with van der Waals surface area (Å²) in [6.07, 6.45) is 8.84. The molecule has 4 heteroatoms. The first-order valence-electron chi connectivity index (χ1n) is 8.68. The zero-order valence-electron chi connectivity index (χ0n) is 14.1. The quantitative estimate of drug-likeness (QED) is 0.746. The van der Waals surface area contributed by atoms with Crippen molar-refractivity contribution in [3.63, 3.8) is 0 Å². The van der Waals surface area contributed by atoms with Crippen LogP contribution in [-0.2, 0) is 5.41 Å². The minimum Gasteiger partial charge on any atom is -0.308 e. The maximum absolute atomic E-state index is 4.63. The highest BCUT2D eigenvalue weighted by Gasteiger charge is 2.39. The Balaban J connectivity index is 2.16. The molecule has 0 bridgehead atoms. The molecule has 1 aliphatic carbocycles. The zero-order chi connectivity index (χ0) is 15.3. The summed E-state index contributed by atoms with van der Waals surface area (Å²) in [5, 5.41) is 15.3. The van der Waals surface area contributed by atoms with Crippen LogP contribution in [-0.4, -0.2) is 16.7 Å². The molecule has 3 nitrogen and oxygen atoms in total. The summed E-state index contributed by atoms with van der Waals surface area (Å²) in [5.41, 5.74) is 0.327. The summed E-state index contributed by atoms with van der Waals surface area (Å²) >= 11 is 1.87. The lowest BCUT2D eigenvalue weighted by molar-refractivity contribution is 0.343. The van der Waals surface area contributed by atoms with Gasteiger partial charge in [0.15, 0.2) is 0 Å². The molecule has 1 heterocycles. The van der Waals surface area contributed by atoms with Crippen LogP contribution in [0.5, 0.6) is 0 Å². The van der Waals surface area contributed by atoms with Gasteiger partial charge in [0.1, 0.15) is 10.0 Å². The monoisotopic (exact) mass is 309 g/mol. The lowest BCUT2D eigenvalue weighted by Crippen LogP contribution is -2.24. The summed E-state index contributed by atoms with van der Waals surface area (Å²) in [6, 6.07) is 0.383. The van der Waals surface area contributed by atoms with E-state index < -0.39 is 0 Å². The van der Waals surface area contributed by atoms with E-state index in [-0.39, 0.29) is 0 Å². The predicted molar refractivity (Wildman–Crippen MR) is 90.8 cm³/mol. The average molecular weight is 310 g/mol. The normalized spacial score (nSPS) is 19.3. The highest BCUT2D eigenvalue weighted by Crippen LogP contribution is 2.47. The summed E-state index contributed by atoms with van der Waals surface area (Å²) in [6.45, 7) is 10.2. The van der Waals surface area contributed by atoms with Crippen LogP contribution < -0.4 is 5.32 Å². The van der Waals surface area contributed by atoms with Crippen LogP contribution >= 0.6 is 11.3 Å². The van der Waals surface area contributed by atoms with Crippen LogP contribution in [0.3, 0.4) is 0 Å². The molecular weight excluding hydrogens is 278 g/mol. The van der Waals surface area contributed by atoms with Gasteiger partial charge in [0, 0.05) is 5.41 Å². The van der Waals surface area contributed by atoms with E-state index in [1.165, 1.54) is 48.5 Å². The molecule has 1 saturated carbocycles. The van der Waals surface area contributed by atoms with Crippen LogP contribution in [0.2, 0.25) is 0 Å². The van der Waals surface area contributed by atoms with Gasteiger partial charge in [0.25, 0.3) is 0 Å². The SMILES string of the molecule is CCCNC(CC)c1nnc(C2(CC(C)C)CCCC2)s1. The largest absolute Gasteiger partial charge is 0.308 e. The summed E-state index contributed by atoms with van der Waals surface area (Å²) in [7, 11) is 0. The van der Waals surface area contributed by atoms with Crippen molar-refractivity contribution < 1.29 is 0 Å². The van der Waals surface area contributed by atoms with E-state index in [0.717, 1.165) is 18.9 Å². The van der Waals surface area contributed by atoms with Gasteiger partial charge in [-0.05, 0) is 44.6 Å². The first-order chi connectivity index (χ1) is 10.1. The number of hydrogen-bond donors (Lipinski definition) is 1. The van der Waals surface area contributed by atoms with Gasteiger partial charge in [-0.1, -0.05) is 51.9 Å². The number of nitrogens with zero attached hydrogens (tertiary/aromatic N) is 2. The molecule has 21 heavy (non-hydrogen) atoms. The number of rotatable bonds is 8. The van der Waals surface area contributed by atoms with Crippen LogP contribution in [0.4, 0.5) is 0 Å². The van der Waals surface area contributed by atoms with Gasteiger partial charge in [-0.3, -0.25) is 0 Å². The third-order valence-electron chi connectivity index (χ3n) is 4.60. The van der Waals surface area contributed by atoms with E-state index in [1.807, 2.05) is 11.3 Å². The smallest absolute Gasteiger partial charge is 0.134 e. The molecule has 1 aromatic rings. The summed E-state index contributed by atoms with van der Waals surface area (Å²) in [4.78, 5) is 0. The first kappa shape index (κ1) is 16.9. The summed E-state index contributed by atoms with van der Waals surface area (Å²) in [5.74, 6) is 0.732. The predicted octanol–water partition coefficient (Wildman–Crippen LogP) is 4.85. The molecule has 0 aromatic carbocycles. The fraction of sp³-hybridized carbons (Fsp3) is 0.882. The highest BCUT2D eigenvalue weighted by atomic mass is 32.1. The molecule has 1 aromatic heterocycles. The third kappa shape index (κ3) is 4.04. The standard InChI is InChI=1S/C17H31N3S/c1-5-11-18-14(6-2)15-19-20-16(21-15)17(12-13(3)4)9-7-8-10-17/h13-14,18H,5-12H2,1-4H3. The third-order valence-corrected chi connectivity index (χ3v) is 5.88. The molecule has 0 spiro atoms. The second-order valence-electron chi connectivity index (χ2n) is 6.95. The van der Waals surface area contributed by atoms with Crippen molar-refractivity contribution in [1.82, 2.24) is 15.5 Å². The molecule has 0 amide bonds. The lowest BCUT2D eigenvalue weighted by Gasteiger charge is -2.28. The Kier molecular flexibility index (Phi) is 6.18. The maximum Gasteiger partial charge on any atom is 0.134 e. The van der Waals surface area contributed by atoms with E-state index >= 15 is 0 Å². The lowest BCUT2D eigenvalue weighted by atomic mass is 9.79. The topological polar surface area (TPSA) is 37.8 Å². The molecule has 2 rings (SSSR count). The maximum atomic E-state index is 4.63. The van der Waals surface area contributed by atoms with Crippen LogP contribution in [0.1, 0.15) is 88.7 Å². The molecule has 1 unspecified atom stereocenters. The van der Waals surface area contributed by atoms with Crippen LogP contribution in [0.25, 0.3) is 0 Å². The van der Waals surface area contributed by atoms with Crippen molar-refractivity contribution in [2.24, 2.45) is 5.92 Å². The van der Waals surface area contributed by atoms with Crippen molar-refractivity contribution in [2.45, 2.75) is 84.1 Å². The minimum absolute atomic E-state index is 0.327. The van der Waals surface area contributed by atoms with E-state index in [4.69, 9.17) is 0 Å². The van der Waals surface area contributed by atoms with E-state index in [0.29, 0.717) is 11.5 Å². The van der Waals surface area contributed by atoms with Crippen molar-refractivity contribution in [3.05, 3.63) is 10.0 Å². The van der Waals surface area contributed by atoms with E-state index in [1.54, 1.807) is 0 Å². The van der Waals surface area contributed by atoms with Gasteiger partial charge in [0.05, 0.1) is 6.04 Å². The second-order valence-corrected chi connectivity index (χ2v) is 7.95. The molecule has 1 fully saturated rings. The van der Waals surface area contributed by atoms with E-state index in [2.05, 4.69) is 43.2 Å². The number of hydrogen-bond acceptors (Lipinski definition) is 4. The fourth-order valence-corrected chi connectivity index (χ4v) is 4.91. The average Bonchev–Trinajstić information content (AvgIpc) is 3.09. The van der Waals surface area contributed by atoms with Crippen LogP contribution in [0.15, 0.2) is 0 Å². The Morgan fingerprint density at radius 2 is 1.90 bits per heavy atom. The van der Waals surface area contributed by atoms with Crippen molar-refractivity contribution in [2.75, 3.05) is 6.54 Å². The molecule has 0 aliphatic heterocycles. The van der Waals surface area contributed by atoms with Crippen molar-refractivity contribution >= 4 is 11.3 Å². The van der Waals surface area contributed by atoms with E-state index in [9.17, 15) is 0 Å². The van der Waals surface area contributed by atoms with Crippen molar-refractivity contribution in [1.29, 1.82) is 0 Å². The number of aromatic nitrogens is 2. The van der Waals surface area contributed by atoms with Gasteiger partial charge in [0.2, 0.25) is 0 Å². The van der Waals surface area contributed by atoms with Gasteiger partial charge >= 0.3 is 0 Å². The Morgan fingerprint density at radius 1 is 1.19 bits per heavy atom. The minimum atomic E-state index is 0.327. The highest BCUT2D eigenvalue weighted by molar-refractivity contribution is 7.11. The van der Waals surface area contributed by atoms with Crippen molar-refractivity contribution in [3.8, 4) is 0 Å². The molecule has 120 valence electrons. The first-order valence-corrected chi connectivity index (χ1v) is 9.50. The Morgan fingerprint density at radius 3 is 2.48 bits per heavy atom. The Labute approximate surface area is 133 Å². The second kappa shape index (κ2) is 7.68. The van der Waals surface area contributed by atoms with Gasteiger partial charge in [-0.25, -0.2) is 0 Å². The zero-order valence-corrected chi connectivity index (χ0v) is 14.9. The molecule has 0 saturated heterocycles. The molecule has 1 aliphatic rings. The fourth-order valence-electron chi connectivity index (χ4n) is 3.65. The van der Waals surface area contributed by atoms with Crippen LogP contribution in [0, 0.1) is 5.92 Å². The molecule has 0 radical (unpaired) electrons. The van der Waals surface area contributed by atoms with Gasteiger partial charge < -0.3 is 5.32 Å². The summed E-state index contributed by atoms with van der Waals surface area (Å²) < 4.78 is 0.